The fraction of sp³-hybridized carbons (Fsp3) is 0.381. The van der Waals surface area contributed by atoms with Gasteiger partial charge in [-0.05, 0) is 42.4 Å². The number of nitro groups is 1. The van der Waals surface area contributed by atoms with Crippen LogP contribution in [0.1, 0.15) is 55.8 Å². The average Bonchev–Trinajstić information content (AvgIpc) is 2.69. The van der Waals surface area contributed by atoms with Gasteiger partial charge >= 0.3 is 0 Å². The third-order valence-electron chi connectivity index (χ3n) is 4.19. The number of non-ortho nitro benzene ring substituents is 1. The van der Waals surface area contributed by atoms with Crippen LogP contribution in [-0.4, -0.2) is 16.6 Å². The molecule has 150 valence electrons. The zero-order chi connectivity index (χ0) is 20.4. The molecule has 0 aliphatic carbocycles. The summed E-state index contributed by atoms with van der Waals surface area (Å²) in [6.07, 6.45) is 6.92. The van der Waals surface area contributed by atoms with Crippen LogP contribution in [0.3, 0.4) is 0 Å². The first-order valence-electron chi connectivity index (χ1n) is 9.40. The van der Waals surface area contributed by atoms with Crippen molar-refractivity contribution in [2.24, 2.45) is 0 Å². The lowest BCUT2D eigenvalue weighted by molar-refractivity contribution is -0.384. The number of thioether (sulfide) groups is 1. The minimum Gasteiger partial charge on any atom is -0.493 e. The highest BCUT2D eigenvalue weighted by atomic mass is 32.2. The molecule has 2 rings (SSSR count). The number of halogens is 1. The molecule has 0 amide bonds. The van der Waals surface area contributed by atoms with Gasteiger partial charge in [0.1, 0.15) is 11.6 Å². The Bertz CT molecular complexity index is 795. The molecule has 0 aliphatic heterocycles. The number of nitro benzene ring substituents is 1. The Labute approximate surface area is 168 Å². The van der Waals surface area contributed by atoms with Crippen molar-refractivity contribution in [1.29, 1.82) is 0 Å². The summed E-state index contributed by atoms with van der Waals surface area (Å²) in [4.78, 5) is 22.6. The second-order valence-electron chi connectivity index (χ2n) is 6.40. The molecule has 2 aromatic carbocycles. The van der Waals surface area contributed by atoms with Gasteiger partial charge in [0.25, 0.3) is 5.69 Å². The number of rotatable bonds is 11. The Balaban J connectivity index is 1.84. The lowest BCUT2D eigenvalue weighted by Crippen LogP contribution is -1.99. The number of nitrogens with zero attached hydrogens (tertiary/aromatic N) is 1. The van der Waals surface area contributed by atoms with Gasteiger partial charge < -0.3 is 4.74 Å². The van der Waals surface area contributed by atoms with Crippen molar-refractivity contribution in [3.63, 3.8) is 0 Å². The second-order valence-corrected chi connectivity index (χ2v) is 7.42. The molecular weight excluding hydrogens is 381 g/mol. The summed E-state index contributed by atoms with van der Waals surface area (Å²) in [5.41, 5.74) is 0.179. The van der Waals surface area contributed by atoms with Crippen molar-refractivity contribution in [3.8, 4) is 5.75 Å². The predicted molar refractivity (Wildman–Crippen MR) is 109 cm³/mol. The van der Waals surface area contributed by atoms with Gasteiger partial charge in [-0.1, -0.05) is 39.0 Å². The van der Waals surface area contributed by atoms with Gasteiger partial charge in [-0.3, -0.25) is 14.9 Å². The maximum Gasteiger partial charge on any atom is 0.269 e. The van der Waals surface area contributed by atoms with Crippen LogP contribution < -0.4 is 4.74 Å². The molecule has 0 N–H and O–H groups in total. The molecule has 0 aliphatic rings. The third kappa shape index (κ3) is 6.96. The van der Waals surface area contributed by atoms with Crippen molar-refractivity contribution in [3.05, 3.63) is 64.0 Å². The average molecular weight is 405 g/mol. The number of hydrogen-bond donors (Lipinski definition) is 0. The van der Waals surface area contributed by atoms with Crippen molar-refractivity contribution < 1.29 is 18.8 Å². The van der Waals surface area contributed by atoms with E-state index in [1.807, 2.05) is 0 Å². The molecule has 0 fully saturated rings. The molecule has 0 radical (unpaired) electrons. The highest BCUT2D eigenvalue weighted by Gasteiger charge is 2.14. The zero-order valence-electron chi connectivity index (χ0n) is 15.9. The Morgan fingerprint density at radius 2 is 1.75 bits per heavy atom. The summed E-state index contributed by atoms with van der Waals surface area (Å²) < 4.78 is 19.8. The molecule has 0 bridgehead atoms. The van der Waals surface area contributed by atoms with Crippen LogP contribution in [0.25, 0.3) is 0 Å². The molecular formula is C21H24FNO4S. The quantitative estimate of drug-likeness (QED) is 0.187. The van der Waals surface area contributed by atoms with Crippen LogP contribution in [0, 0.1) is 15.9 Å². The van der Waals surface area contributed by atoms with Gasteiger partial charge in [0, 0.05) is 23.8 Å². The number of carbonyl (C=O) groups excluding carboxylic acids is 1. The molecule has 28 heavy (non-hydrogen) atoms. The minimum atomic E-state index is -0.537. The molecule has 0 spiro atoms. The van der Waals surface area contributed by atoms with Crippen molar-refractivity contribution in [1.82, 2.24) is 0 Å². The van der Waals surface area contributed by atoms with Crippen LogP contribution >= 0.6 is 11.8 Å². The Hall–Kier alpha value is -2.41. The van der Waals surface area contributed by atoms with Crippen LogP contribution in [0.15, 0.2) is 47.4 Å². The SMILES string of the molecule is CCCCCCCCOc1ccc(SC(=O)c2ccc([N+](=O)[O-])cc2)c(F)c1. The van der Waals surface area contributed by atoms with Gasteiger partial charge in [-0.2, -0.15) is 0 Å². The molecule has 0 aromatic heterocycles. The highest BCUT2D eigenvalue weighted by molar-refractivity contribution is 8.14. The fourth-order valence-corrected chi connectivity index (χ4v) is 3.35. The van der Waals surface area contributed by atoms with E-state index >= 15 is 0 Å². The molecule has 0 unspecified atom stereocenters. The normalized spacial score (nSPS) is 10.6. The monoisotopic (exact) mass is 405 g/mol. The smallest absolute Gasteiger partial charge is 0.269 e. The van der Waals surface area contributed by atoms with Crippen LogP contribution in [0.5, 0.6) is 5.75 Å². The van der Waals surface area contributed by atoms with E-state index in [9.17, 15) is 19.3 Å². The molecule has 2 aromatic rings. The molecule has 0 atom stereocenters. The van der Waals surface area contributed by atoms with Gasteiger partial charge in [0.05, 0.1) is 16.4 Å². The molecule has 0 saturated carbocycles. The Morgan fingerprint density at radius 1 is 1.07 bits per heavy atom. The Kier molecular flexibility index (Phi) is 8.94. The largest absolute Gasteiger partial charge is 0.493 e. The zero-order valence-corrected chi connectivity index (χ0v) is 16.7. The lowest BCUT2D eigenvalue weighted by atomic mass is 10.1. The van der Waals surface area contributed by atoms with E-state index in [0.29, 0.717) is 12.4 Å². The summed E-state index contributed by atoms with van der Waals surface area (Å²) in [5, 5.41) is 10.3. The first-order chi connectivity index (χ1) is 13.5. The maximum atomic E-state index is 14.3. The van der Waals surface area contributed by atoms with Crippen LogP contribution in [-0.2, 0) is 0 Å². The van der Waals surface area contributed by atoms with E-state index in [0.717, 1.165) is 24.6 Å². The van der Waals surface area contributed by atoms with E-state index in [1.54, 1.807) is 6.07 Å². The molecule has 0 heterocycles. The van der Waals surface area contributed by atoms with E-state index < -0.39 is 10.7 Å². The highest BCUT2D eigenvalue weighted by Crippen LogP contribution is 2.29. The van der Waals surface area contributed by atoms with Crippen LogP contribution in [0.4, 0.5) is 10.1 Å². The summed E-state index contributed by atoms with van der Waals surface area (Å²) in [7, 11) is 0. The number of carbonyl (C=O) groups is 1. The second kappa shape index (κ2) is 11.4. The molecule has 5 nitrogen and oxygen atoms in total. The maximum absolute atomic E-state index is 14.3. The third-order valence-corrected chi connectivity index (χ3v) is 5.16. The summed E-state index contributed by atoms with van der Waals surface area (Å²) in [5.74, 6) is -0.0844. The van der Waals surface area contributed by atoms with E-state index in [1.165, 1.54) is 62.1 Å². The molecule has 0 saturated heterocycles. The first-order valence-corrected chi connectivity index (χ1v) is 10.2. The topological polar surface area (TPSA) is 69.4 Å². The Morgan fingerprint density at radius 3 is 2.39 bits per heavy atom. The number of unbranched alkanes of at least 4 members (excludes halogenated alkanes) is 5. The summed E-state index contributed by atoms with van der Waals surface area (Å²) in [6, 6.07) is 9.67. The summed E-state index contributed by atoms with van der Waals surface area (Å²) in [6.45, 7) is 2.72. The first kappa shape index (κ1) is 21.9. The van der Waals surface area contributed by atoms with E-state index in [-0.39, 0.29) is 21.3 Å². The number of ether oxygens (including phenoxy) is 1. The van der Waals surface area contributed by atoms with Crippen molar-refractivity contribution in [2.45, 2.75) is 50.3 Å². The predicted octanol–water partition coefficient (Wildman–Crippen LogP) is 6.41. The van der Waals surface area contributed by atoms with Gasteiger partial charge in [0.15, 0.2) is 0 Å². The van der Waals surface area contributed by atoms with Gasteiger partial charge in [-0.15, -0.1) is 0 Å². The standard InChI is InChI=1S/C21H24FNO4S/c1-2-3-4-5-6-7-14-27-18-12-13-20(19(22)15-18)28-21(24)16-8-10-17(11-9-16)23(25)26/h8-13,15H,2-7,14H2,1H3. The number of benzene rings is 2. The lowest BCUT2D eigenvalue weighted by Gasteiger charge is -2.08. The van der Waals surface area contributed by atoms with Crippen LogP contribution in [0.2, 0.25) is 0 Å². The van der Waals surface area contributed by atoms with Crippen molar-refractivity contribution in [2.75, 3.05) is 6.61 Å². The van der Waals surface area contributed by atoms with Crippen molar-refractivity contribution >= 4 is 22.6 Å². The van der Waals surface area contributed by atoms with Gasteiger partial charge in [-0.25, -0.2) is 4.39 Å². The number of hydrogen-bond acceptors (Lipinski definition) is 5. The minimum absolute atomic E-state index is 0.0976. The van der Waals surface area contributed by atoms with E-state index in [2.05, 4.69) is 6.92 Å². The van der Waals surface area contributed by atoms with Gasteiger partial charge in [0.2, 0.25) is 5.12 Å². The molecule has 7 heteroatoms. The summed E-state index contributed by atoms with van der Waals surface area (Å²) >= 11 is 0.746. The fourth-order valence-electron chi connectivity index (χ4n) is 2.60. The van der Waals surface area contributed by atoms with E-state index in [4.69, 9.17) is 4.74 Å².